The standard InChI is InChI=1S/C15H28N4/c1-10(2)11-12(16)17-9-18-13(11)19-15(6,7)8-14(3,4)5/h9-10H,8H2,1-7H3,(H3,16,17,18,19). The summed E-state index contributed by atoms with van der Waals surface area (Å²) in [4.78, 5) is 8.47. The van der Waals surface area contributed by atoms with Crippen LogP contribution in [0.3, 0.4) is 0 Å². The molecule has 0 amide bonds. The summed E-state index contributed by atoms with van der Waals surface area (Å²) in [5, 5.41) is 3.53. The third-order valence-corrected chi connectivity index (χ3v) is 2.92. The lowest BCUT2D eigenvalue weighted by Crippen LogP contribution is -2.36. The molecule has 4 nitrogen and oxygen atoms in total. The molecule has 0 bridgehead atoms. The van der Waals surface area contributed by atoms with Crippen LogP contribution in [0.5, 0.6) is 0 Å². The van der Waals surface area contributed by atoms with Crippen molar-refractivity contribution in [3.05, 3.63) is 11.9 Å². The second-order valence-corrected chi connectivity index (χ2v) is 7.42. The molecule has 1 aromatic heterocycles. The van der Waals surface area contributed by atoms with Gasteiger partial charge in [0.1, 0.15) is 18.0 Å². The molecule has 108 valence electrons. The quantitative estimate of drug-likeness (QED) is 0.868. The second-order valence-electron chi connectivity index (χ2n) is 7.42. The first kappa shape index (κ1) is 15.7. The van der Waals surface area contributed by atoms with Crippen molar-refractivity contribution in [1.29, 1.82) is 0 Å². The number of nitrogens with two attached hydrogens (primary N) is 1. The molecule has 1 heterocycles. The van der Waals surface area contributed by atoms with Crippen molar-refractivity contribution in [1.82, 2.24) is 9.97 Å². The number of nitrogens with zero attached hydrogens (tertiary/aromatic N) is 2. The maximum atomic E-state index is 5.98. The Kier molecular flexibility index (Phi) is 4.43. The molecule has 1 rings (SSSR count). The van der Waals surface area contributed by atoms with Crippen molar-refractivity contribution in [2.24, 2.45) is 5.41 Å². The zero-order valence-electron chi connectivity index (χ0n) is 13.3. The molecule has 4 heteroatoms. The third kappa shape index (κ3) is 4.69. The summed E-state index contributed by atoms with van der Waals surface area (Å²) >= 11 is 0. The normalized spacial score (nSPS) is 12.8. The van der Waals surface area contributed by atoms with Gasteiger partial charge in [-0.2, -0.15) is 0 Å². The molecule has 0 radical (unpaired) electrons. The van der Waals surface area contributed by atoms with Crippen molar-refractivity contribution in [3.63, 3.8) is 0 Å². The molecule has 0 atom stereocenters. The van der Waals surface area contributed by atoms with Gasteiger partial charge in [-0.15, -0.1) is 0 Å². The first-order valence-corrected chi connectivity index (χ1v) is 6.90. The first-order chi connectivity index (χ1) is 8.52. The number of hydrogen-bond acceptors (Lipinski definition) is 4. The minimum absolute atomic E-state index is 0.0390. The van der Waals surface area contributed by atoms with Gasteiger partial charge in [-0.25, -0.2) is 9.97 Å². The average molecular weight is 264 g/mol. The van der Waals surface area contributed by atoms with Gasteiger partial charge in [0.25, 0.3) is 0 Å². The van der Waals surface area contributed by atoms with Crippen LogP contribution in [-0.2, 0) is 0 Å². The monoisotopic (exact) mass is 264 g/mol. The zero-order valence-corrected chi connectivity index (χ0v) is 13.3. The molecule has 0 saturated carbocycles. The highest BCUT2D eigenvalue weighted by Crippen LogP contribution is 2.32. The minimum atomic E-state index is -0.0390. The van der Waals surface area contributed by atoms with Crippen LogP contribution in [0.25, 0.3) is 0 Å². The molecule has 19 heavy (non-hydrogen) atoms. The van der Waals surface area contributed by atoms with Gasteiger partial charge in [0.05, 0.1) is 0 Å². The van der Waals surface area contributed by atoms with E-state index in [0.29, 0.717) is 11.7 Å². The highest BCUT2D eigenvalue weighted by atomic mass is 15.1. The maximum Gasteiger partial charge on any atom is 0.135 e. The zero-order chi connectivity index (χ0) is 14.8. The molecule has 0 aliphatic carbocycles. The highest BCUT2D eigenvalue weighted by molar-refractivity contribution is 5.57. The van der Waals surface area contributed by atoms with Crippen LogP contribution in [0.1, 0.15) is 66.4 Å². The molecule has 0 unspecified atom stereocenters. The summed E-state index contributed by atoms with van der Waals surface area (Å²) < 4.78 is 0. The van der Waals surface area contributed by atoms with Crippen LogP contribution in [0.2, 0.25) is 0 Å². The summed E-state index contributed by atoms with van der Waals surface area (Å²) in [6.07, 6.45) is 2.57. The minimum Gasteiger partial charge on any atom is -0.383 e. The summed E-state index contributed by atoms with van der Waals surface area (Å²) in [5.41, 5.74) is 7.20. The van der Waals surface area contributed by atoms with Gasteiger partial charge in [0.2, 0.25) is 0 Å². The molecule has 0 aliphatic rings. The van der Waals surface area contributed by atoms with Crippen molar-refractivity contribution in [2.75, 3.05) is 11.1 Å². The molecular weight excluding hydrogens is 236 g/mol. The van der Waals surface area contributed by atoms with E-state index in [2.05, 4.69) is 63.8 Å². The SMILES string of the molecule is CC(C)c1c(N)ncnc1NC(C)(C)CC(C)(C)C. The number of aromatic nitrogens is 2. The Morgan fingerprint density at radius 3 is 2.21 bits per heavy atom. The number of anilines is 2. The molecule has 0 aliphatic heterocycles. The van der Waals surface area contributed by atoms with E-state index in [1.807, 2.05) is 0 Å². The van der Waals surface area contributed by atoms with Crippen molar-refractivity contribution >= 4 is 11.6 Å². The second kappa shape index (κ2) is 5.35. The fourth-order valence-corrected chi connectivity index (χ4v) is 2.77. The topological polar surface area (TPSA) is 63.8 Å². The Morgan fingerprint density at radius 1 is 1.16 bits per heavy atom. The summed E-state index contributed by atoms with van der Waals surface area (Å²) in [5.74, 6) is 1.73. The van der Waals surface area contributed by atoms with Crippen LogP contribution in [0, 0.1) is 5.41 Å². The van der Waals surface area contributed by atoms with E-state index < -0.39 is 0 Å². The average Bonchev–Trinajstić information content (AvgIpc) is 2.11. The lowest BCUT2D eigenvalue weighted by molar-refractivity contribution is 0.302. The van der Waals surface area contributed by atoms with E-state index in [1.165, 1.54) is 6.33 Å². The third-order valence-electron chi connectivity index (χ3n) is 2.92. The van der Waals surface area contributed by atoms with Gasteiger partial charge in [-0.1, -0.05) is 34.6 Å². The van der Waals surface area contributed by atoms with Crippen LogP contribution in [-0.4, -0.2) is 15.5 Å². The Balaban J connectivity index is 3.02. The van der Waals surface area contributed by atoms with E-state index in [1.54, 1.807) is 0 Å². The van der Waals surface area contributed by atoms with Crippen LogP contribution in [0.4, 0.5) is 11.6 Å². The lowest BCUT2D eigenvalue weighted by atomic mass is 9.81. The number of rotatable bonds is 4. The predicted octanol–water partition coefficient (Wildman–Crippen LogP) is 3.81. The smallest absolute Gasteiger partial charge is 0.135 e. The van der Waals surface area contributed by atoms with E-state index >= 15 is 0 Å². The molecular formula is C15H28N4. The molecule has 0 spiro atoms. The maximum absolute atomic E-state index is 5.98. The molecule has 0 saturated heterocycles. The lowest BCUT2D eigenvalue weighted by Gasteiger charge is -2.34. The van der Waals surface area contributed by atoms with Gasteiger partial charge in [-0.05, 0) is 31.6 Å². The Bertz CT molecular complexity index is 430. The van der Waals surface area contributed by atoms with E-state index in [9.17, 15) is 0 Å². The van der Waals surface area contributed by atoms with E-state index in [0.717, 1.165) is 17.8 Å². The van der Waals surface area contributed by atoms with Gasteiger partial charge in [-0.3, -0.25) is 0 Å². The van der Waals surface area contributed by atoms with Gasteiger partial charge in [0, 0.05) is 11.1 Å². The van der Waals surface area contributed by atoms with Crippen molar-refractivity contribution in [3.8, 4) is 0 Å². The van der Waals surface area contributed by atoms with Crippen molar-refractivity contribution in [2.45, 2.75) is 66.3 Å². The number of hydrogen-bond donors (Lipinski definition) is 2. The summed E-state index contributed by atoms with van der Waals surface area (Å²) in [6, 6.07) is 0. The van der Waals surface area contributed by atoms with E-state index in [4.69, 9.17) is 5.73 Å². The van der Waals surface area contributed by atoms with Gasteiger partial charge >= 0.3 is 0 Å². The molecule has 0 fully saturated rings. The Labute approximate surface area is 117 Å². The molecule has 1 aromatic rings. The fraction of sp³-hybridized carbons (Fsp3) is 0.733. The Hall–Kier alpha value is -1.32. The van der Waals surface area contributed by atoms with Crippen LogP contribution in [0.15, 0.2) is 6.33 Å². The summed E-state index contributed by atoms with van der Waals surface area (Å²) in [7, 11) is 0. The highest BCUT2D eigenvalue weighted by Gasteiger charge is 2.27. The largest absolute Gasteiger partial charge is 0.383 e. The van der Waals surface area contributed by atoms with Gasteiger partial charge in [0.15, 0.2) is 0 Å². The van der Waals surface area contributed by atoms with Crippen LogP contribution < -0.4 is 11.1 Å². The summed E-state index contributed by atoms with van der Waals surface area (Å²) in [6.45, 7) is 15.3. The number of nitrogen functional groups attached to an aromatic ring is 1. The Morgan fingerprint density at radius 2 is 1.74 bits per heavy atom. The first-order valence-electron chi connectivity index (χ1n) is 6.90. The molecule has 3 N–H and O–H groups in total. The van der Waals surface area contributed by atoms with Crippen molar-refractivity contribution < 1.29 is 0 Å². The number of nitrogens with one attached hydrogen (secondary N) is 1. The predicted molar refractivity (Wildman–Crippen MR) is 82.3 cm³/mol. The van der Waals surface area contributed by atoms with E-state index in [-0.39, 0.29) is 11.0 Å². The fourth-order valence-electron chi connectivity index (χ4n) is 2.77. The van der Waals surface area contributed by atoms with Crippen LogP contribution >= 0.6 is 0 Å². The molecule has 0 aromatic carbocycles. The van der Waals surface area contributed by atoms with Gasteiger partial charge < -0.3 is 11.1 Å².